The minimum Gasteiger partial charge on any atom is -0.478 e. The van der Waals surface area contributed by atoms with Crippen molar-refractivity contribution in [3.8, 4) is 11.6 Å². The van der Waals surface area contributed by atoms with E-state index in [4.69, 9.17) is 4.74 Å². The Bertz CT molecular complexity index is 1110. The highest BCUT2D eigenvalue weighted by molar-refractivity contribution is 9.10. The van der Waals surface area contributed by atoms with Gasteiger partial charge < -0.3 is 9.47 Å². The molecule has 0 amide bonds. The molecule has 0 bridgehead atoms. The number of nitrogens with one attached hydrogen (secondary N) is 1. The number of pyridine rings is 2. The molecule has 144 valence electrons. The first-order valence-corrected chi connectivity index (χ1v) is 9.33. The molecule has 0 spiro atoms. The van der Waals surface area contributed by atoms with Crippen LogP contribution in [0.4, 0.5) is 19.0 Å². The van der Waals surface area contributed by atoms with E-state index in [2.05, 4.69) is 30.6 Å². The van der Waals surface area contributed by atoms with Crippen molar-refractivity contribution >= 4 is 37.4 Å². The predicted molar refractivity (Wildman–Crippen MR) is 91.1 cm³/mol. The molecule has 0 atom stereocenters. The van der Waals surface area contributed by atoms with Gasteiger partial charge in [0.2, 0.25) is 0 Å². The van der Waals surface area contributed by atoms with E-state index in [1.165, 1.54) is 10.6 Å². The number of halogens is 4. The number of aromatic nitrogens is 3. The summed E-state index contributed by atoms with van der Waals surface area (Å²) < 4.78 is 76.8. The SMILES string of the molecule is COc1nc(NS(=O)(=O)c2cnc3cc(Br)ccn23)c(F)cc1OC(F)F. The van der Waals surface area contributed by atoms with Gasteiger partial charge in [-0.25, -0.2) is 9.37 Å². The number of imidazole rings is 1. The average molecular weight is 467 g/mol. The van der Waals surface area contributed by atoms with Gasteiger partial charge in [-0.2, -0.15) is 22.2 Å². The Morgan fingerprint density at radius 3 is 2.74 bits per heavy atom. The summed E-state index contributed by atoms with van der Waals surface area (Å²) in [5.74, 6) is -3.17. The second-order valence-electron chi connectivity index (χ2n) is 4.98. The Kier molecular flexibility index (Phi) is 5.15. The summed E-state index contributed by atoms with van der Waals surface area (Å²) in [6, 6.07) is 3.71. The van der Waals surface area contributed by atoms with Crippen molar-refractivity contribution in [2.24, 2.45) is 0 Å². The van der Waals surface area contributed by atoms with Gasteiger partial charge in [0.1, 0.15) is 5.65 Å². The highest BCUT2D eigenvalue weighted by atomic mass is 79.9. The smallest absolute Gasteiger partial charge is 0.387 e. The quantitative estimate of drug-likeness (QED) is 0.599. The lowest BCUT2D eigenvalue weighted by Crippen LogP contribution is -2.17. The van der Waals surface area contributed by atoms with E-state index in [0.29, 0.717) is 16.2 Å². The first kappa shape index (κ1) is 19.2. The molecule has 0 aliphatic rings. The fourth-order valence-electron chi connectivity index (χ4n) is 2.16. The molecule has 0 aromatic carbocycles. The normalized spacial score (nSPS) is 11.8. The number of fused-ring (bicyclic) bond motifs is 1. The van der Waals surface area contributed by atoms with Gasteiger partial charge in [-0.15, -0.1) is 0 Å². The highest BCUT2D eigenvalue weighted by Crippen LogP contribution is 2.31. The summed E-state index contributed by atoms with van der Waals surface area (Å²) in [5.41, 5.74) is 0.330. The standard InChI is InChI=1S/C14H10BrF3N4O4S/c1-25-13-9(26-14(17)18)5-8(16)12(20-13)21-27(23,24)11-6-19-10-4-7(15)2-3-22(10)11/h2-6,14H,1H3,(H,20,21). The largest absolute Gasteiger partial charge is 0.478 e. The van der Waals surface area contributed by atoms with Crippen molar-refractivity contribution in [2.75, 3.05) is 11.8 Å². The van der Waals surface area contributed by atoms with Crippen molar-refractivity contribution in [3.05, 3.63) is 40.9 Å². The molecule has 0 aliphatic heterocycles. The van der Waals surface area contributed by atoms with E-state index in [0.717, 1.165) is 13.3 Å². The number of methoxy groups -OCH3 is 1. The highest BCUT2D eigenvalue weighted by Gasteiger charge is 2.24. The number of hydrogen-bond acceptors (Lipinski definition) is 6. The van der Waals surface area contributed by atoms with Gasteiger partial charge in [0, 0.05) is 16.7 Å². The lowest BCUT2D eigenvalue weighted by atomic mass is 10.4. The zero-order valence-electron chi connectivity index (χ0n) is 13.4. The molecular weight excluding hydrogens is 457 g/mol. The third kappa shape index (κ3) is 3.93. The van der Waals surface area contributed by atoms with Crippen molar-refractivity contribution in [2.45, 2.75) is 11.6 Å². The van der Waals surface area contributed by atoms with E-state index in [1.807, 2.05) is 4.72 Å². The predicted octanol–water partition coefficient (Wildman–Crippen LogP) is 3.04. The van der Waals surface area contributed by atoms with Gasteiger partial charge >= 0.3 is 6.61 Å². The van der Waals surface area contributed by atoms with Crippen molar-refractivity contribution in [1.82, 2.24) is 14.4 Å². The number of hydrogen-bond donors (Lipinski definition) is 1. The molecule has 0 saturated heterocycles. The summed E-state index contributed by atoms with van der Waals surface area (Å²) in [6.07, 6.45) is 2.53. The molecule has 13 heteroatoms. The van der Waals surface area contributed by atoms with Crippen LogP contribution in [0, 0.1) is 5.82 Å². The second-order valence-corrected chi connectivity index (χ2v) is 7.52. The molecule has 1 N–H and O–H groups in total. The van der Waals surface area contributed by atoms with E-state index in [-0.39, 0.29) is 5.03 Å². The summed E-state index contributed by atoms with van der Waals surface area (Å²) in [4.78, 5) is 7.51. The molecule has 3 rings (SSSR count). The fraction of sp³-hybridized carbons (Fsp3) is 0.143. The molecule has 27 heavy (non-hydrogen) atoms. The number of rotatable bonds is 6. The van der Waals surface area contributed by atoms with Gasteiger partial charge in [0.15, 0.2) is 22.4 Å². The molecule has 0 aliphatic carbocycles. The zero-order valence-corrected chi connectivity index (χ0v) is 15.8. The lowest BCUT2D eigenvalue weighted by Gasteiger charge is -2.12. The molecule has 0 saturated carbocycles. The first-order valence-electron chi connectivity index (χ1n) is 7.06. The van der Waals surface area contributed by atoms with Crippen molar-refractivity contribution in [3.63, 3.8) is 0 Å². The van der Waals surface area contributed by atoms with Crippen LogP contribution in [0.5, 0.6) is 11.6 Å². The average Bonchev–Trinajstić information content (AvgIpc) is 3.00. The molecule has 0 fully saturated rings. The number of ether oxygens (including phenoxy) is 2. The molecule has 3 heterocycles. The molecule has 0 unspecified atom stereocenters. The summed E-state index contributed by atoms with van der Waals surface area (Å²) in [5, 5.41) is -0.280. The van der Waals surface area contributed by atoms with Crippen LogP contribution in [0.15, 0.2) is 40.1 Å². The van der Waals surface area contributed by atoms with Gasteiger partial charge in [-0.3, -0.25) is 9.12 Å². The first-order chi connectivity index (χ1) is 12.7. The number of sulfonamides is 1. The lowest BCUT2D eigenvalue weighted by molar-refractivity contribution is -0.0517. The number of nitrogens with zero attached hydrogens (tertiary/aromatic N) is 3. The minimum absolute atomic E-state index is 0.280. The van der Waals surface area contributed by atoms with Crippen LogP contribution in [0.2, 0.25) is 0 Å². The van der Waals surface area contributed by atoms with E-state index in [9.17, 15) is 21.6 Å². The van der Waals surface area contributed by atoms with Crippen LogP contribution >= 0.6 is 15.9 Å². The topological polar surface area (TPSA) is 94.8 Å². The number of anilines is 1. The van der Waals surface area contributed by atoms with Gasteiger partial charge in [0.05, 0.1) is 13.3 Å². The summed E-state index contributed by atoms with van der Waals surface area (Å²) in [7, 11) is -3.22. The van der Waals surface area contributed by atoms with Gasteiger partial charge in [-0.05, 0) is 12.1 Å². The van der Waals surface area contributed by atoms with E-state index < -0.39 is 39.9 Å². The van der Waals surface area contributed by atoms with Gasteiger partial charge in [0.25, 0.3) is 15.9 Å². The Hall–Kier alpha value is -2.54. The van der Waals surface area contributed by atoms with Crippen molar-refractivity contribution < 1.29 is 31.1 Å². The third-order valence-electron chi connectivity index (χ3n) is 3.27. The molecule has 3 aromatic heterocycles. The summed E-state index contributed by atoms with van der Waals surface area (Å²) >= 11 is 3.24. The van der Waals surface area contributed by atoms with Crippen LogP contribution in [0.1, 0.15) is 0 Å². The fourth-order valence-corrected chi connectivity index (χ4v) is 3.59. The van der Waals surface area contributed by atoms with Gasteiger partial charge in [-0.1, -0.05) is 15.9 Å². The maximum Gasteiger partial charge on any atom is 0.387 e. The second kappa shape index (κ2) is 7.23. The molecular formula is C14H10BrF3N4O4S. The van der Waals surface area contributed by atoms with Crippen LogP contribution in [-0.2, 0) is 10.0 Å². The van der Waals surface area contributed by atoms with Crippen molar-refractivity contribution in [1.29, 1.82) is 0 Å². The summed E-state index contributed by atoms with van der Waals surface area (Å²) in [6.45, 7) is -3.24. The molecule has 8 nitrogen and oxygen atoms in total. The third-order valence-corrected chi connectivity index (χ3v) is 5.07. The van der Waals surface area contributed by atoms with E-state index in [1.54, 1.807) is 12.1 Å². The Morgan fingerprint density at radius 2 is 2.07 bits per heavy atom. The Morgan fingerprint density at radius 1 is 1.33 bits per heavy atom. The van der Waals surface area contributed by atoms with Crippen LogP contribution in [0.3, 0.4) is 0 Å². The zero-order chi connectivity index (χ0) is 19.8. The maximum atomic E-state index is 14.2. The van der Waals surface area contributed by atoms with Crippen LogP contribution in [-0.4, -0.2) is 36.5 Å². The van der Waals surface area contributed by atoms with Crippen LogP contribution < -0.4 is 14.2 Å². The number of alkyl halides is 2. The maximum absolute atomic E-state index is 14.2. The molecule has 3 aromatic rings. The molecule has 0 radical (unpaired) electrons. The van der Waals surface area contributed by atoms with Crippen LogP contribution in [0.25, 0.3) is 5.65 Å². The van der Waals surface area contributed by atoms with E-state index >= 15 is 0 Å². The monoisotopic (exact) mass is 466 g/mol. The Labute approximate surface area is 159 Å². The minimum atomic E-state index is -4.30. The Balaban J connectivity index is 2.00.